The van der Waals surface area contributed by atoms with Crippen molar-refractivity contribution in [2.45, 2.75) is 11.8 Å². The molecule has 0 radical (unpaired) electrons. The molecule has 0 amide bonds. The van der Waals surface area contributed by atoms with Gasteiger partial charge >= 0.3 is 10.1 Å². The van der Waals surface area contributed by atoms with Crippen molar-refractivity contribution in [2.24, 2.45) is 5.73 Å². The van der Waals surface area contributed by atoms with E-state index in [-0.39, 0.29) is 11.3 Å². The second-order valence-electron chi connectivity index (χ2n) is 5.79. The number of Topliss-reactive ketones (excluding diaryl/α,β-unsaturated/α-hetero) is 1. The second kappa shape index (κ2) is 7.81. The van der Waals surface area contributed by atoms with Crippen LogP contribution in [0.1, 0.15) is 18.6 Å². The Bertz CT molecular complexity index is 1070. The molecule has 2 aromatic carbocycles. The molecule has 0 spiro atoms. The number of ether oxygens (including phenoxy) is 3. The summed E-state index contributed by atoms with van der Waals surface area (Å²) in [6, 6.07) is 12.7. The number of benzene rings is 2. The van der Waals surface area contributed by atoms with Gasteiger partial charge in [0.25, 0.3) is 0 Å². The first-order valence-corrected chi connectivity index (χ1v) is 9.70. The van der Waals surface area contributed by atoms with Crippen LogP contribution < -0.4 is 15.2 Å². The lowest BCUT2D eigenvalue weighted by molar-refractivity contribution is -0.123. The highest BCUT2D eigenvalue weighted by Gasteiger charge is 2.41. The first kappa shape index (κ1) is 18.2. The topological polar surface area (TPSA) is 114 Å². The van der Waals surface area contributed by atoms with E-state index >= 15 is 0 Å². The summed E-state index contributed by atoms with van der Waals surface area (Å²) in [7, 11) is -1.42. The highest BCUT2D eigenvalue weighted by molar-refractivity contribution is 7.86. The fourth-order valence-electron chi connectivity index (χ4n) is 2.59. The van der Waals surface area contributed by atoms with Crippen molar-refractivity contribution in [3.05, 3.63) is 71.3 Å². The normalized spacial score (nSPS) is 19.8. The molecular weight excluding hydrogens is 386 g/mol. The predicted octanol–water partition coefficient (Wildman–Crippen LogP) is 2.02. The Morgan fingerprint density at radius 2 is 1.86 bits per heavy atom. The molecule has 28 heavy (non-hydrogen) atoms. The number of ketones is 1. The monoisotopic (exact) mass is 406 g/mol. The van der Waals surface area contributed by atoms with Crippen LogP contribution in [0.2, 0.25) is 0 Å². The van der Waals surface area contributed by atoms with Gasteiger partial charge in [0.15, 0.2) is 6.08 Å². The maximum Gasteiger partial charge on any atom is 0.313 e. The lowest BCUT2D eigenvalue weighted by atomic mass is 10.0. The Hall–Kier alpha value is -3.20. The Labute approximate surface area is 164 Å². The number of hydrogen-bond acceptors (Lipinski definition) is 8. The molecule has 2 N–H and O–H groups in total. The summed E-state index contributed by atoms with van der Waals surface area (Å²) in [6.07, 6.45) is -2.36. The second-order valence-corrected chi connectivity index (χ2v) is 7.36. The van der Waals surface area contributed by atoms with Gasteiger partial charge in [0.05, 0.1) is 15.6 Å². The standard InChI is InChI=1S/C19H19NO7S/c1-24-13-8-9-14(15(10-13)25-2)17-16(21)18(19(20)26-17)27-28(22,23)11-12-6-4-3-5-7-12/h3-10,17H,11,20H2,1-2H3/i17D. The summed E-state index contributed by atoms with van der Waals surface area (Å²) in [5.74, 6) is -2.31. The van der Waals surface area contributed by atoms with E-state index in [0.717, 1.165) is 0 Å². The summed E-state index contributed by atoms with van der Waals surface area (Å²) in [5.41, 5.74) is 6.18. The zero-order valence-electron chi connectivity index (χ0n) is 16.2. The van der Waals surface area contributed by atoms with E-state index in [1.807, 2.05) is 0 Å². The molecule has 1 aliphatic rings. The molecule has 9 heteroatoms. The SMILES string of the molecule is [2H]C1(c2ccc(OC)cc2OC)OC(N)=C(OS(=O)(=O)Cc2ccccc2)C1=O. The lowest BCUT2D eigenvalue weighted by Gasteiger charge is -2.15. The molecular formula is C19H19NO7S. The van der Waals surface area contributed by atoms with Crippen molar-refractivity contribution >= 4 is 15.9 Å². The van der Waals surface area contributed by atoms with E-state index in [1.54, 1.807) is 30.3 Å². The highest BCUT2D eigenvalue weighted by atomic mass is 32.2. The third kappa shape index (κ3) is 4.04. The van der Waals surface area contributed by atoms with E-state index in [4.69, 9.17) is 25.5 Å². The van der Waals surface area contributed by atoms with Gasteiger partial charge in [-0.3, -0.25) is 4.79 Å². The minimum Gasteiger partial charge on any atom is -0.497 e. The first-order chi connectivity index (χ1) is 13.7. The Kier molecular flexibility index (Phi) is 5.07. The largest absolute Gasteiger partial charge is 0.497 e. The van der Waals surface area contributed by atoms with Crippen molar-refractivity contribution in [1.29, 1.82) is 0 Å². The van der Waals surface area contributed by atoms with Crippen molar-refractivity contribution in [3.8, 4) is 11.5 Å². The number of carbonyl (C=O) groups is 1. The van der Waals surface area contributed by atoms with Crippen molar-refractivity contribution in [2.75, 3.05) is 14.2 Å². The fourth-order valence-corrected chi connectivity index (χ4v) is 3.67. The number of rotatable bonds is 7. The molecule has 0 saturated carbocycles. The molecule has 1 heterocycles. The third-order valence-corrected chi connectivity index (χ3v) is 5.01. The van der Waals surface area contributed by atoms with E-state index in [2.05, 4.69) is 0 Å². The Morgan fingerprint density at radius 1 is 1.14 bits per heavy atom. The van der Waals surface area contributed by atoms with Crippen molar-refractivity contribution < 1.29 is 33.0 Å². The van der Waals surface area contributed by atoms with Crippen LogP contribution in [0.5, 0.6) is 11.5 Å². The molecule has 0 aromatic heterocycles. The van der Waals surface area contributed by atoms with E-state index in [1.165, 1.54) is 32.4 Å². The van der Waals surface area contributed by atoms with Gasteiger partial charge in [-0.1, -0.05) is 30.3 Å². The molecule has 1 unspecified atom stereocenters. The minimum atomic E-state index is -4.22. The fraction of sp³-hybridized carbons (Fsp3) is 0.211. The zero-order chi connectivity index (χ0) is 21.2. The van der Waals surface area contributed by atoms with E-state index in [9.17, 15) is 13.2 Å². The molecule has 2 aromatic rings. The van der Waals surface area contributed by atoms with Gasteiger partial charge in [-0.2, -0.15) is 8.42 Å². The molecule has 1 aliphatic heterocycles. The average Bonchev–Trinajstić information content (AvgIpc) is 2.91. The minimum absolute atomic E-state index is 0.0211. The first-order valence-electron chi connectivity index (χ1n) is 8.62. The molecule has 148 valence electrons. The maximum absolute atomic E-state index is 12.9. The van der Waals surface area contributed by atoms with E-state index in [0.29, 0.717) is 11.3 Å². The molecule has 1 atom stereocenters. The van der Waals surface area contributed by atoms with Crippen LogP contribution in [0.25, 0.3) is 0 Å². The van der Waals surface area contributed by atoms with E-state index < -0.39 is 39.4 Å². The number of nitrogens with two attached hydrogens (primary N) is 1. The highest BCUT2D eigenvalue weighted by Crippen LogP contribution is 2.38. The molecule has 8 nitrogen and oxygen atoms in total. The molecule has 3 rings (SSSR count). The van der Waals surface area contributed by atoms with Crippen LogP contribution in [0, 0.1) is 0 Å². The van der Waals surface area contributed by atoms with Crippen molar-refractivity contribution in [3.63, 3.8) is 0 Å². The summed E-state index contributed by atoms with van der Waals surface area (Å²) in [5, 5.41) is 0. The molecule has 0 fully saturated rings. The number of methoxy groups -OCH3 is 2. The quantitative estimate of drug-likeness (QED) is 0.695. The number of carbonyl (C=O) groups excluding carboxylic acids is 1. The Balaban J connectivity index is 1.89. The Morgan fingerprint density at radius 3 is 2.50 bits per heavy atom. The summed E-state index contributed by atoms with van der Waals surface area (Å²) < 4.78 is 53.7. The molecule has 0 saturated heterocycles. The van der Waals surface area contributed by atoms with Gasteiger partial charge in [0.1, 0.15) is 17.3 Å². The van der Waals surface area contributed by atoms with Crippen LogP contribution in [-0.4, -0.2) is 28.4 Å². The van der Waals surface area contributed by atoms with Gasteiger partial charge in [-0.15, -0.1) is 0 Å². The van der Waals surface area contributed by atoms with Gasteiger partial charge in [-0.25, -0.2) is 0 Å². The summed E-state index contributed by atoms with van der Waals surface area (Å²) in [4.78, 5) is 12.9. The van der Waals surface area contributed by atoms with Crippen molar-refractivity contribution in [1.82, 2.24) is 0 Å². The lowest BCUT2D eigenvalue weighted by Crippen LogP contribution is -2.16. The van der Waals surface area contributed by atoms with Gasteiger partial charge in [0, 0.05) is 11.6 Å². The van der Waals surface area contributed by atoms with Crippen LogP contribution >= 0.6 is 0 Å². The average molecular weight is 406 g/mol. The predicted molar refractivity (Wildman–Crippen MR) is 99.7 cm³/mol. The van der Waals surface area contributed by atoms with Crippen LogP contribution in [0.4, 0.5) is 0 Å². The summed E-state index contributed by atoms with van der Waals surface area (Å²) in [6.45, 7) is 0. The third-order valence-electron chi connectivity index (χ3n) is 3.90. The zero-order valence-corrected chi connectivity index (χ0v) is 16.0. The smallest absolute Gasteiger partial charge is 0.313 e. The maximum atomic E-state index is 12.9. The van der Waals surface area contributed by atoms with Crippen LogP contribution in [0.3, 0.4) is 0 Å². The van der Waals surface area contributed by atoms with Gasteiger partial charge in [-0.05, 0) is 17.7 Å². The summed E-state index contributed by atoms with van der Waals surface area (Å²) >= 11 is 0. The molecule has 0 bridgehead atoms. The van der Waals surface area contributed by atoms with Crippen LogP contribution in [-0.2, 0) is 29.6 Å². The van der Waals surface area contributed by atoms with Gasteiger partial charge in [0.2, 0.25) is 17.4 Å². The number of hydrogen-bond donors (Lipinski definition) is 1. The van der Waals surface area contributed by atoms with Gasteiger partial charge < -0.3 is 24.1 Å². The van der Waals surface area contributed by atoms with Crippen LogP contribution in [0.15, 0.2) is 60.2 Å². The molecule has 0 aliphatic carbocycles.